The molecule has 0 aliphatic heterocycles. The maximum Gasteiger partial charge on any atom is 0.0718 e. The van der Waals surface area contributed by atoms with E-state index in [1.165, 1.54) is 12.8 Å². The molecule has 0 bridgehead atoms. The SMILES string of the molecule is CCCCCOCCOCCOCCOCCOCCOCCOCCOCCOCCOCCOCc1ccccc1. The van der Waals surface area contributed by atoms with Gasteiger partial charge >= 0.3 is 0 Å². The van der Waals surface area contributed by atoms with Gasteiger partial charge in [-0.3, -0.25) is 0 Å². The Bertz CT molecular complexity index is 639. The summed E-state index contributed by atoms with van der Waals surface area (Å²) in [4.78, 5) is 0. The molecule has 0 radical (unpaired) electrons. The summed E-state index contributed by atoms with van der Waals surface area (Å²) in [5.41, 5.74) is 1.16. The van der Waals surface area contributed by atoms with E-state index in [9.17, 15) is 0 Å². The second kappa shape index (κ2) is 35.3. The first kappa shape index (κ1) is 39.8. The number of hydrogen-bond acceptors (Lipinski definition) is 11. The highest BCUT2D eigenvalue weighted by Gasteiger charge is 1.97. The lowest BCUT2D eigenvalue weighted by Gasteiger charge is -2.09. The first-order chi connectivity index (χ1) is 21.4. The smallest absolute Gasteiger partial charge is 0.0718 e. The molecular weight excluding hydrogens is 560 g/mol. The molecule has 0 amide bonds. The summed E-state index contributed by atoms with van der Waals surface area (Å²) < 4.78 is 60.4. The standard InChI is InChI=1S/C32H58O11/c1-2-3-7-10-33-11-12-34-13-14-35-15-16-36-17-18-37-19-20-38-21-22-39-23-24-40-25-26-41-27-28-42-29-30-43-31-32-8-5-4-6-9-32/h4-6,8-9H,2-3,7,10-31H2,1H3. The number of unbranched alkanes of at least 4 members (excludes halogenated alkanes) is 2. The van der Waals surface area contributed by atoms with Gasteiger partial charge in [0.1, 0.15) is 0 Å². The van der Waals surface area contributed by atoms with E-state index < -0.39 is 0 Å². The van der Waals surface area contributed by atoms with Crippen LogP contribution in [0.4, 0.5) is 0 Å². The van der Waals surface area contributed by atoms with Crippen molar-refractivity contribution in [3.63, 3.8) is 0 Å². The molecule has 252 valence electrons. The predicted molar refractivity (Wildman–Crippen MR) is 164 cm³/mol. The summed E-state index contributed by atoms with van der Waals surface area (Å²) >= 11 is 0. The Morgan fingerprint density at radius 1 is 0.326 bits per heavy atom. The highest BCUT2D eigenvalue weighted by Crippen LogP contribution is 2.00. The van der Waals surface area contributed by atoms with Crippen LogP contribution in [0.3, 0.4) is 0 Å². The van der Waals surface area contributed by atoms with Crippen molar-refractivity contribution in [3.05, 3.63) is 35.9 Å². The summed E-state index contributed by atoms with van der Waals surface area (Å²) in [6.07, 6.45) is 3.55. The van der Waals surface area contributed by atoms with Crippen LogP contribution in [-0.2, 0) is 58.7 Å². The van der Waals surface area contributed by atoms with Crippen molar-refractivity contribution in [3.8, 4) is 0 Å². The molecule has 11 nitrogen and oxygen atoms in total. The molecule has 0 saturated heterocycles. The largest absolute Gasteiger partial charge is 0.379 e. The molecule has 0 aliphatic carbocycles. The molecule has 0 N–H and O–H groups in total. The Labute approximate surface area is 259 Å². The molecular formula is C32H58O11. The van der Waals surface area contributed by atoms with E-state index >= 15 is 0 Å². The van der Waals surface area contributed by atoms with E-state index in [-0.39, 0.29) is 0 Å². The van der Waals surface area contributed by atoms with Crippen LogP contribution in [0.25, 0.3) is 0 Å². The molecule has 0 spiro atoms. The summed E-state index contributed by atoms with van der Waals surface area (Å²) in [7, 11) is 0. The van der Waals surface area contributed by atoms with Crippen LogP contribution in [0, 0.1) is 0 Å². The van der Waals surface area contributed by atoms with Crippen molar-refractivity contribution < 1.29 is 52.1 Å². The molecule has 0 atom stereocenters. The third-order valence-electron chi connectivity index (χ3n) is 5.72. The molecule has 0 unspecified atom stereocenters. The minimum atomic E-state index is 0.521. The maximum atomic E-state index is 5.56. The van der Waals surface area contributed by atoms with E-state index in [1.807, 2.05) is 30.3 Å². The summed E-state index contributed by atoms with van der Waals surface area (Å²) in [6.45, 7) is 14.5. The van der Waals surface area contributed by atoms with Gasteiger partial charge in [-0.2, -0.15) is 0 Å². The van der Waals surface area contributed by atoms with Crippen LogP contribution in [0.15, 0.2) is 30.3 Å². The summed E-state index contributed by atoms with van der Waals surface area (Å²) in [5, 5.41) is 0. The third-order valence-corrected chi connectivity index (χ3v) is 5.72. The molecule has 0 saturated carbocycles. The van der Waals surface area contributed by atoms with Crippen LogP contribution in [-0.4, -0.2) is 139 Å². The van der Waals surface area contributed by atoms with Crippen LogP contribution >= 0.6 is 0 Å². The highest BCUT2D eigenvalue weighted by atomic mass is 16.6. The Morgan fingerprint density at radius 3 is 0.907 bits per heavy atom. The van der Waals surface area contributed by atoms with E-state index in [4.69, 9.17) is 52.1 Å². The van der Waals surface area contributed by atoms with Crippen molar-refractivity contribution >= 4 is 0 Å². The van der Waals surface area contributed by atoms with Gasteiger partial charge in [0.05, 0.1) is 139 Å². The minimum absolute atomic E-state index is 0.521. The van der Waals surface area contributed by atoms with E-state index in [0.29, 0.717) is 139 Å². The lowest BCUT2D eigenvalue weighted by atomic mass is 10.2. The van der Waals surface area contributed by atoms with Crippen LogP contribution in [0.1, 0.15) is 31.7 Å². The van der Waals surface area contributed by atoms with Crippen molar-refractivity contribution in [2.45, 2.75) is 32.8 Å². The molecule has 0 heterocycles. The van der Waals surface area contributed by atoms with Gasteiger partial charge in [-0.05, 0) is 12.0 Å². The Hall–Kier alpha value is -1.22. The van der Waals surface area contributed by atoms with Gasteiger partial charge in [0.2, 0.25) is 0 Å². The van der Waals surface area contributed by atoms with Crippen LogP contribution < -0.4 is 0 Å². The molecule has 0 aliphatic rings. The van der Waals surface area contributed by atoms with Crippen LogP contribution in [0.2, 0.25) is 0 Å². The van der Waals surface area contributed by atoms with Gasteiger partial charge in [-0.1, -0.05) is 50.1 Å². The zero-order valence-electron chi connectivity index (χ0n) is 26.6. The molecule has 11 heteroatoms. The Morgan fingerprint density at radius 2 is 0.605 bits per heavy atom. The average molecular weight is 619 g/mol. The van der Waals surface area contributed by atoms with Crippen molar-refractivity contribution in [1.82, 2.24) is 0 Å². The second-order valence-corrected chi connectivity index (χ2v) is 9.37. The van der Waals surface area contributed by atoms with Crippen molar-refractivity contribution in [1.29, 1.82) is 0 Å². The van der Waals surface area contributed by atoms with Crippen molar-refractivity contribution in [2.75, 3.05) is 139 Å². The van der Waals surface area contributed by atoms with Gasteiger partial charge in [-0.15, -0.1) is 0 Å². The first-order valence-electron chi connectivity index (χ1n) is 15.8. The fourth-order valence-electron chi connectivity index (χ4n) is 3.42. The Balaban J connectivity index is 1.61. The number of benzene rings is 1. The molecule has 1 aromatic rings. The number of ether oxygens (including phenoxy) is 11. The average Bonchev–Trinajstić information content (AvgIpc) is 3.03. The topological polar surface area (TPSA) is 102 Å². The molecule has 1 rings (SSSR count). The zero-order valence-corrected chi connectivity index (χ0v) is 26.6. The quantitative estimate of drug-likeness (QED) is 0.103. The lowest BCUT2D eigenvalue weighted by Crippen LogP contribution is -2.15. The molecule has 0 fully saturated rings. The van der Waals surface area contributed by atoms with Gasteiger partial charge in [0.15, 0.2) is 0 Å². The number of hydrogen-bond donors (Lipinski definition) is 0. The zero-order chi connectivity index (χ0) is 30.6. The summed E-state index contributed by atoms with van der Waals surface area (Å²) in [6, 6.07) is 10.1. The minimum Gasteiger partial charge on any atom is -0.379 e. The van der Waals surface area contributed by atoms with Gasteiger partial charge < -0.3 is 52.1 Å². The van der Waals surface area contributed by atoms with Gasteiger partial charge in [0, 0.05) is 6.61 Å². The van der Waals surface area contributed by atoms with Gasteiger partial charge in [-0.25, -0.2) is 0 Å². The normalized spacial score (nSPS) is 11.5. The fraction of sp³-hybridized carbons (Fsp3) is 0.812. The molecule has 1 aromatic carbocycles. The second-order valence-electron chi connectivity index (χ2n) is 9.37. The number of rotatable bonds is 36. The maximum absolute atomic E-state index is 5.56. The van der Waals surface area contributed by atoms with Gasteiger partial charge in [0.25, 0.3) is 0 Å². The summed E-state index contributed by atoms with van der Waals surface area (Å²) in [5.74, 6) is 0. The predicted octanol–water partition coefficient (Wildman–Crippen LogP) is 3.56. The lowest BCUT2D eigenvalue weighted by molar-refractivity contribution is -0.0277. The molecule has 43 heavy (non-hydrogen) atoms. The third kappa shape index (κ3) is 32.0. The molecule has 0 aromatic heterocycles. The fourth-order valence-corrected chi connectivity index (χ4v) is 3.42. The highest BCUT2D eigenvalue weighted by molar-refractivity contribution is 5.13. The van der Waals surface area contributed by atoms with Crippen molar-refractivity contribution in [2.24, 2.45) is 0 Å². The van der Waals surface area contributed by atoms with E-state index in [0.717, 1.165) is 18.6 Å². The van der Waals surface area contributed by atoms with E-state index in [2.05, 4.69) is 6.92 Å². The van der Waals surface area contributed by atoms with Crippen LogP contribution in [0.5, 0.6) is 0 Å². The van der Waals surface area contributed by atoms with E-state index in [1.54, 1.807) is 0 Å². The monoisotopic (exact) mass is 618 g/mol. The first-order valence-corrected chi connectivity index (χ1v) is 15.8. The Kier molecular flexibility index (Phi) is 32.6.